The van der Waals surface area contributed by atoms with Crippen LogP contribution in [0.25, 0.3) is 0 Å². The summed E-state index contributed by atoms with van der Waals surface area (Å²) in [7, 11) is 2.26. The van der Waals surface area contributed by atoms with Gasteiger partial charge in [-0.25, -0.2) is 0 Å². The average Bonchev–Trinajstić information content (AvgIpc) is 2.62. The molecule has 0 amide bonds. The van der Waals surface area contributed by atoms with Crippen molar-refractivity contribution in [2.24, 2.45) is 5.92 Å². The first kappa shape index (κ1) is 14.0. The second kappa shape index (κ2) is 6.69. The number of thiophene rings is 1. The smallest absolute Gasteiger partial charge is 0.0327 e. The minimum atomic E-state index is 0.731. The molecule has 1 N–H and O–H groups in total. The molecule has 1 fully saturated rings. The molecule has 102 valence electrons. The summed E-state index contributed by atoms with van der Waals surface area (Å²) in [5.74, 6) is 0.731. The zero-order valence-electron chi connectivity index (χ0n) is 11.9. The van der Waals surface area contributed by atoms with Crippen LogP contribution in [-0.4, -0.2) is 24.5 Å². The number of nitrogens with zero attached hydrogens (tertiary/aromatic N) is 1. The fraction of sp³-hybridized carbons (Fsp3) is 0.733. The molecular weight excluding hydrogens is 240 g/mol. The Hall–Kier alpha value is -0.380. The molecule has 1 aliphatic carbocycles. The standard InChI is InChI=1S/C15H26N2S/c1-12(2)9-16-10-14-7-8-15(18-14)11-17(3)13-5-4-6-13/h7-8,12-13,16H,4-6,9-11H2,1-3H3. The van der Waals surface area contributed by atoms with E-state index >= 15 is 0 Å². The topological polar surface area (TPSA) is 15.3 Å². The highest BCUT2D eigenvalue weighted by Gasteiger charge is 2.22. The second-order valence-corrected chi connectivity index (χ2v) is 7.15. The van der Waals surface area contributed by atoms with Gasteiger partial charge in [0.25, 0.3) is 0 Å². The van der Waals surface area contributed by atoms with Crippen LogP contribution in [0.15, 0.2) is 12.1 Å². The van der Waals surface area contributed by atoms with E-state index in [0.717, 1.165) is 31.6 Å². The van der Waals surface area contributed by atoms with Gasteiger partial charge in [-0.2, -0.15) is 0 Å². The summed E-state index contributed by atoms with van der Waals surface area (Å²) in [4.78, 5) is 5.49. The zero-order chi connectivity index (χ0) is 13.0. The van der Waals surface area contributed by atoms with Crippen LogP contribution >= 0.6 is 11.3 Å². The van der Waals surface area contributed by atoms with E-state index < -0.39 is 0 Å². The van der Waals surface area contributed by atoms with Crippen LogP contribution in [0.1, 0.15) is 42.9 Å². The van der Waals surface area contributed by atoms with E-state index in [9.17, 15) is 0 Å². The molecular formula is C15H26N2S. The molecule has 0 bridgehead atoms. The lowest BCUT2D eigenvalue weighted by atomic mass is 9.92. The van der Waals surface area contributed by atoms with Crippen LogP contribution in [0.4, 0.5) is 0 Å². The lowest BCUT2D eigenvalue weighted by Gasteiger charge is -2.34. The first-order chi connectivity index (χ1) is 8.65. The van der Waals surface area contributed by atoms with Gasteiger partial charge in [0.15, 0.2) is 0 Å². The Morgan fingerprint density at radius 2 is 2.06 bits per heavy atom. The molecule has 1 aromatic rings. The van der Waals surface area contributed by atoms with Crippen molar-refractivity contribution in [1.82, 2.24) is 10.2 Å². The van der Waals surface area contributed by atoms with Gasteiger partial charge in [-0.3, -0.25) is 4.90 Å². The Morgan fingerprint density at radius 3 is 2.67 bits per heavy atom. The minimum Gasteiger partial charge on any atom is -0.312 e. The third kappa shape index (κ3) is 4.08. The highest BCUT2D eigenvalue weighted by atomic mass is 32.1. The molecule has 1 aromatic heterocycles. The Balaban J connectivity index is 1.74. The van der Waals surface area contributed by atoms with Gasteiger partial charge in [-0.05, 0) is 44.5 Å². The Labute approximate surface area is 115 Å². The van der Waals surface area contributed by atoms with Crippen LogP contribution in [-0.2, 0) is 13.1 Å². The lowest BCUT2D eigenvalue weighted by Crippen LogP contribution is -2.36. The van der Waals surface area contributed by atoms with Gasteiger partial charge in [0.05, 0.1) is 0 Å². The van der Waals surface area contributed by atoms with Crippen LogP contribution in [0.3, 0.4) is 0 Å². The van der Waals surface area contributed by atoms with Crippen molar-refractivity contribution >= 4 is 11.3 Å². The lowest BCUT2D eigenvalue weighted by molar-refractivity contribution is 0.154. The maximum Gasteiger partial charge on any atom is 0.0327 e. The zero-order valence-corrected chi connectivity index (χ0v) is 12.7. The first-order valence-corrected chi connectivity index (χ1v) is 7.95. The highest BCUT2D eigenvalue weighted by molar-refractivity contribution is 7.11. The van der Waals surface area contributed by atoms with E-state index in [-0.39, 0.29) is 0 Å². The Kier molecular flexibility index (Phi) is 5.22. The van der Waals surface area contributed by atoms with E-state index in [0.29, 0.717) is 0 Å². The summed E-state index contributed by atoms with van der Waals surface area (Å²) in [6.45, 7) is 7.76. The molecule has 0 unspecified atom stereocenters. The SMILES string of the molecule is CC(C)CNCc1ccc(CN(C)C2CCC2)s1. The fourth-order valence-corrected chi connectivity index (χ4v) is 3.34. The van der Waals surface area contributed by atoms with Crippen molar-refractivity contribution in [3.05, 3.63) is 21.9 Å². The molecule has 1 saturated carbocycles. The number of hydrogen-bond donors (Lipinski definition) is 1. The molecule has 0 radical (unpaired) electrons. The van der Waals surface area contributed by atoms with Crippen LogP contribution < -0.4 is 5.32 Å². The summed E-state index contributed by atoms with van der Waals surface area (Å²) in [5.41, 5.74) is 0. The van der Waals surface area contributed by atoms with Crippen LogP contribution in [0.2, 0.25) is 0 Å². The molecule has 0 spiro atoms. The van der Waals surface area contributed by atoms with Crippen molar-refractivity contribution in [3.8, 4) is 0 Å². The predicted octanol–water partition coefficient (Wildman–Crippen LogP) is 3.48. The molecule has 2 nitrogen and oxygen atoms in total. The number of hydrogen-bond acceptors (Lipinski definition) is 3. The molecule has 1 aliphatic rings. The Bertz CT molecular complexity index is 355. The van der Waals surface area contributed by atoms with E-state index in [1.54, 1.807) is 0 Å². The van der Waals surface area contributed by atoms with Gasteiger partial charge in [-0.15, -0.1) is 11.3 Å². The average molecular weight is 266 g/mol. The van der Waals surface area contributed by atoms with E-state index in [2.05, 4.69) is 43.2 Å². The monoisotopic (exact) mass is 266 g/mol. The minimum absolute atomic E-state index is 0.731. The van der Waals surface area contributed by atoms with Crippen molar-refractivity contribution < 1.29 is 0 Å². The summed E-state index contributed by atoms with van der Waals surface area (Å²) in [5, 5.41) is 3.51. The van der Waals surface area contributed by atoms with E-state index in [1.165, 1.54) is 29.0 Å². The summed E-state index contributed by atoms with van der Waals surface area (Å²) < 4.78 is 0. The predicted molar refractivity (Wildman–Crippen MR) is 80.0 cm³/mol. The van der Waals surface area contributed by atoms with E-state index in [1.807, 2.05) is 11.3 Å². The molecule has 0 aliphatic heterocycles. The fourth-order valence-electron chi connectivity index (χ4n) is 2.29. The maximum atomic E-state index is 3.51. The first-order valence-electron chi connectivity index (χ1n) is 7.13. The number of nitrogens with one attached hydrogen (secondary N) is 1. The van der Waals surface area contributed by atoms with Gasteiger partial charge < -0.3 is 5.32 Å². The van der Waals surface area contributed by atoms with Gasteiger partial charge in [0.2, 0.25) is 0 Å². The van der Waals surface area contributed by atoms with Gasteiger partial charge in [-0.1, -0.05) is 20.3 Å². The van der Waals surface area contributed by atoms with Crippen molar-refractivity contribution in [1.29, 1.82) is 0 Å². The largest absolute Gasteiger partial charge is 0.312 e. The molecule has 18 heavy (non-hydrogen) atoms. The van der Waals surface area contributed by atoms with Crippen LogP contribution in [0.5, 0.6) is 0 Å². The summed E-state index contributed by atoms with van der Waals surface area (Å²) in [6.07, 6.45) is 4.21. The van der Waals surface area contributed by atoms with Gasteiger partial charge in [0, 0.05) is 28.9 Å². The second-order valence-electron chi connectivity index (χ2n) is 5.89. The highest BCUT2D eigenvalue weighted by Crippen LogP contribution is 2.26. The molecule has 0 atom stereocenters. The summed E-state index contributed by atoms with van der Waals surface area (Å²) in [6, 6.07) is 5.42. The normalized spacial score (nSPS) is 16.5. The Morgan fingerprint density at radius 1 is 1.33 bits per heavy atom. The molecule has 2 rings (SSSR count). The van der Waals surface area contributed by atoms with Crippen molar-refractivity contribution in [2.75, 3.05) is 13.6 Å². The third-order valence-electron chi connectivity index (χ3n) is 3.67. The maximum absolute atomic E-state index is 3.51. The molecule has 0 saturated heterocycles. The van der Waals surface area contributed by atoms with Crippen molar-refractivity contribution in [2.45, 2.75) is 52.2 Å². The van der Waals surface area contributed by atoms with E-state index in [4.69, 9.17) is 0 Å². The quantitative estimate of drug-likeness (QED) is 0.813. The molecule has 1 heterocycles. The summed E-state index contributed by atoms with van der Waals surface area (Å²) >= 11 is 1.96. The molecule has 3 heteroatoms. The van der Waals surface area contributed by atoms with Gasteiger partial charge >= 0.3 is 0 Å². The third-order valence-corrected chi connectivity index (χ3v) is 4.74. The van der Waals surface area contributed by atoms with Crippen molar-refractivity contribution in [3.63, 3.8) is 0 Å². The van der Waals surface area contributed by atoms with Gasteiger partial charge in [0.1, 0.15) is 0 Å². The number of rotatable bonds is 7. The van der Waals surface area contributed by atoms with Crippen LogP contribution in [0, 0.1) is 5.92 Å². The molecule has 0 aromatic carbocycles.